The molecule has 522 valence electrons. The van der Waals surface area contributed by atoms with Crippen molar-refractivity contribution in [2.45, 2.75) is 275 Å². The van der Waals surface area contributed by atoms with Gasteiger partial charge in [0.25, 0.3) is 5.91 Å². The molecule has 1 aliphatic carbocycles. The van der Waals surface area contributed by atoms with Gasteiger partial charge in [-0.1, -0.05) is 148 Å². The van der Waals surface area contributed by atoms with Crippen LogP contribution in [-0.2, 0) is 69.0 Å². The van der Waals surface area contributed by atoms with Gasteiger partial charge in [-0.05, 0) is 115 Å². The Labute approximate surface area is 544 Å². The Morgan fingerprint density at radius 2 is 1.22 bits per heavy atom. The number of likely N-dealkylation sites (N-methyl/N-ethyl adjacent to an activating group) is 2. The molecule has 3 rings (SSSR count). The highest BCUT2D eigenvalue weighted by Crippen LogP contribution is 2.31. The second-order valence-corrected chi connectivity index (χ2v) is 29.4. The number of amides is 6. The highest BCUT2D eigenvalue weighted by molar-refractivity contribution is 7.90. The predicted molar refractivity (Wildman–Crippen MR) is 357 cm³/mol. The summed E-state index contributed by atoms with van der Waals surface area (Å²) in [5.74, 6) is -3.00. The van der Waals surface area contributed by atoms with Gasteiger partial charge in [0, 0.05) is 41.3 Å². The number of methoxy groups -OCH3 is 2. The number of unbranched alkanes of at least 4 members (excludes halogenated alkanes) is 2. The number of hydrogen-bond acceptors (Lipinski definition) is 15. The van der Waals surface area contributed by atoms with E-state index in [1.807, 2.05) is 34.5 Å². The molecule has 2 aliphatic rings. The monoisotopic (exact) mass is 1300 g/mol. The van der Waals surface area contributed by atoms with Gasteiger partial charge < -0.3 is 48.9 Å². The summed E-state index contributed by atoms with van der Waals surface area (Å²) in [6.45, 7) is 42.8. The van der Waals surface area contributed by atoms with Gasteiger partial charge in [-0.25, -0.2) is 18.0 Å². The van der Waals surface area contributed by atoms with Crippen LogP contribution in [0, 0.1) is 35.5 Å². The van der Waals surface area contributed by atoms with E-state index in [0.717, 1.165) is 11.8 Å². The normalized spacial score (nSPS) is 16.6. The van der Waals surface area contributed by atoms with Gasteiger partial charge in [-0.3, -0.25) is 33.6 Å². The Bertz CT molecular complexity index is 2380. The number of carbonyl (C=O) groups is 8. The van der Waals surface area contributed by atoms with Crippen LogP contribution >= 0.6 is 0 Å². The highest BCUT2D eigenvalue weighted by atomic mass is 32.2. The number of carbonyl (C=O) groups excluding carboxylic acids is 8. The summed E-state index contributed by atoms with van der Waals surface area (Å²) < 4.78 is 56.5. The lowest BCUT2D eigenvalue weighted by molar-refractivity contribution is -0.157. The van der Waals surface area contributed by atoms with Gasteiger partial charge in [-0.2, -0.15) is 0 Å². The van der Waals surface area contributed by atoms with Crippen LogP contribution in [0.2, 0.25) is 0 Å². The minimum absolute atomic E-state index is 0.0938. The molecular weight excluding hydrogens is 1170 g/mol. The standard InChI is InChI=1S/C53H88N6O14S.2C5H12.C4H10.CH2O/c1-18-33(6)45(57(14)50(65)43(31(2)3)55-49(64)44(32(4)5)58(15)51(66)73-53(11,12)13)40(69-16)29-41(60)59-27-19-20-39(59)46(70-17)34(7)47(62)54-38(48(63)56-74(67,68)37-25-26-37)28-35-21-23-36(24-22-35)71-30-42(61)72-52(8,9)10;1-4-5(2)3;1-3-5-4-2;1-4(2)3;1-2/h21-24,31-34,37-40,43-46H,18-20,25-30H2,1-17H3,(H,54,62)(H,55,64)(H,56,63);5H,4H2,1-3H3;3-5H2,1-2H3;4H,1-3H3;1H2/t33?,34?,38?,39?,40?,43-,44?,45?,46?;;;;/m0..../s1. The summed E-state index contributed by atoms with van der Waals surface area (Å²) in [5.41, 5.74) is -0.919. The van der Waals surface area contributed by atoms with Gasteiger partial charge in [0.2, 0.25) is 33.7 Å². The molecule has 22 heteroatoms. The fourth-order valence-corrected chi connectivity index (χ4v) is 11.0. The topological polar surface area (TPSA) is 263 Å². The van der Waals surface area contributed by atoms with Crippen LogP contribution in [0.4, 0.5) is 4.79 Å². The first-order chi connectivity index (χ1) is 41.7. The van der Waals surface area contributed by atoms with Crippen molar-refractivity contribution in [3.8, 4) is 5.75 Å². The number of sulfonamides is 1. The molecule has 90 heavy (non-hydrogen) atoms. The summed E-state index contributed by atoms with van der Waals surface area (Å²) >= 11 is 0. The van der Waals surface area contributed by atoms with Crippen LogP contribution in [0.3, 0.4) is 0 Å². The Kier molecular flexibility index (Phi) is 41.2. The van der Waals surface area contributed by atoms with Crippen molar-refractivity contribution < 1.29 is 70.5 Å². The maximum Gasteiger partial charge on any atom is 0.410 e. The highest BCUT2D eigenvalue weighted by Gasteiger charge is 2.45. The second-order valence-electron chi connectivity index (χ2n) is 27.5. The van der Waals surface area contributed by atoms with Crippen molar-refractivity contribution in [2.75, 3.05) is 41.5 Å². The van der Waals surface area contributed by atoms with E-state index in [1.54, 1.807) is 103 Å². The minimum atomic E-state index is -3.98. The number of ether oxygens (including phenoxy) is 5. The number of nitrogens with zero attached hydrogens (tertiary/aromatic N) is 3. The molecule has 8 unspecified atom stereocenters. The maximum atomic E-state index is 14.6. The van der Waals surface area contributed by atoms with Crippen molar-refractivity contribution >= 4 is 58.4 Å². The van der Waals surface area contributed by atoms with E-state index in [2.05, 4.69) is 70.7 Å². The molecule has 9 atom stereocenters. The first kappa shape index (κ1) is 86.7. The molecule has 1 aromatic carbocycles. The van der Waals surface area contributed by atoms with Gasteiger partial charge in [0.15, 0.2) is 6.61 Å². The fraction of sp³-hybridized carbons (Fsp3) is 0.794. The average molecular weight is 1300 g/mol. The summed E-state index contributed by atoms with van der Waals surface area (Å²) in [4.78, 5) is 109. The average Bonchev–Trinajstić information content (AvgIpc) is 1.43. The third-order valence-corrected chi connectivity index (χ3v) is 16.8. The quantitative estimate of drug-likeness (QED) is 0.0630. The molecule has 0 bridgehead atoms. The molecule has 1 saturated heterocycles. The zero-order chi connectivity index (χ0) is 70.2. The Hall–Kier alpha value is -5.35. The zero-order valence-corrected chi connectivity index (χ0v) is 61.0. The number of rotatable bonds is 29. The number of hydrogen-bond donors (Lipinski definition) is 3. The maximum absolute atomic E-state index is 14.6. The predicted octanol–water partition coefficient (Wildman–Crippen LogP) is 10.7. The van der Waals surface area contributed by atoms with E-state index >= 15 is 0 Å². The van der Waals surface area contributed by atoms with E-state index in [-0.39, 0.29) is 43.1 Å². The molecule has 0 radical (unpaired) electrons. The van der Waals surface area contributed by atoms with E-state index < -0.39 is 111 Å². The molecule has 6 amide bonds. The Morgan fingerprint density at radius 3 is 1.63 bits per heavy atom. The van der Waals surface area contributed by atoms with Gasteiger partial charge in [-0.15, -0.1) is 0 Å². The molecular formula is C68H124N6O15S. The third-order valence-electron chi connectivity index (χ3n) is 15.0. The van der Waals surface area contributed by atoms with E-state index in [9.17, 15) is 42.0 Å². The molecule has 1 aliphatic heterocycles. The summed E-state index contributed by atoms with van der Waals surface area (Å²) in [5, 5.41) is 5.00. The fourth-order valence-electron chi connectivity index (χ4n) is 9.66. The third kappa shape index (κ3) is 32.8. The van der Waals surface area contributed by atoms with Crippen molar-refractivity contribution in [1.82, 2.24) is 30.1 Å². The van der Waals surface area contributed by atoms with Crippen LogP contribution in [0.5, 0.6) is 5.75 Å². The number of likely N-dealkylation sites (tertiary alicyclic amines) is 1. The van der Waals surface area contributed by atoms with Crippen LogP contribution in [0.15, 0.2) is 24.3 Å². The largest absolute Gasteiger partial charge is 0.482 e. The van der Waals surface area contributed by atoms with Crippen molar-refractivity contribution in [3.05, 3.63) is 29.8 Å². The SMILES string of the molecule is C=O.CC(C)C.CCC(C)C.CCC(C)C(C(CC(=O)N1CCCC1C(OC)C(C)C(=O)NC(Cc1ccc(OCC(=O)OC(C)(C)C)cc1)C(=O)NS(=O)(=O)C1CC1)OC)N(C)C(=O)[C@@H](NC(=O)C(C(C)C)N(C)C(=O)OC(C)(C)C)C(C)C.CCCCC. The summed E-state index contributed by atoms with van der Waals surface area (Å²) in [7, 11) is 2.07. The number of benzene rings is 1. The van der Waals surface area contributed by atoms with E-state index in [1.165, 1.54) is 51.9 Å². The lowest BCUT2D eigenvalue weighted by Crippen LogP contribution is -2.60. The molecule has 21 nitrogen and oxygen atoms in total. The van der Waals surface area contributed by atoms with Gasteiger partial charge >= 0.3 is 12.1 Å². The zero-order valence-electron chi connectivity index (χ0n) is 60.2. The molecule has 3 N–H and O–H groups in total. The smallest absolute Gasteiger partial charge is 0.410 e. The molecule has 2 fully saturated rings. The Morgan fingerprint density at radius 1 is 0.700 bits per heavy atom. The lowest BCUT2D eigenvalue weighted by atomic mass is 9.89. The van der Waals surface area contributed by atoms with Crippen LogP contribution < -0.4 is 20.1 Å². The lowest BCUT2D eigenvalue weighted by Gasteiger charge is -2.41. The molecule has 1 saturated carbocycles. The first-order valence-electron chi connectivity index (χ1n) is 32.6. The molecule has 0 aromatic heterocycles. The summed E-state index contributed by atoms with van der Waals surface area (Å²) in [6.07, 6.45) is 5.40. The number of esters is 1. The van der Waals surface area contributed by atoms with Gasteiger partial charge in [0.1, 0.15) is 41.9 Å². The first-order valence-corrected chi connectivity index (χ1v) is 34.2. The summed E-state index contributed by atoms with van der Waals surface area (Å²) in [6, 6.07) is 1.99. The second kappa shape index (κ2) is 42.7. The van der Waals surface area contributed by atoms with Crippen molar-refractivity contribution in [1.29, 1.82) is 0 Å². The van der Waals surface area contributed by atoms with Crippen LogP contribution in [-0.4, -0.2) is 172 Å². The molecule has 1 aromatic rings. The molecule has 1 heterocycles. The van der Waals surface area contributed by atoms with E-state index in [0.29, 0.717) is 50.0 Å². The van der Waals surface area contributed by atoms with Crippen molar-refractivity contribution in [2.24, 2.45) is 35.5 Å². The van der Waals surface area contributed by atoms with Crippen molar-refractivity contribution in [3.63, 3.8) is 0 Å². The Balaban J connectivity index is 0. The van der Waals surface area contributed by atoms with Gasteiger partial charge in [0.05, 0.1) is 41.9 Å². The number of nitrogens with one attached hydrogen (secondary N) is 3. The van der Waals surface area contributed by atoms with Crippen LogP contribution in [0.25, 0.3) is 0 Å². The minimum Gasteiger partial charge on any atom is -0.482 e. The molecule has 0 spiro atoms. The van der Waals surface area contributed by atoms with Crippen LogP contribution in [0.1, 0.15) is 215 Å². The van der Waals surface area contributed by atoms with E-state index in [4.69, 9.17) is 28.5 Å².